The summed E-state index contributed by atoms with van der Waals surface area (Å²) < 4.78 is 10.8. The van der Waals surface area contributed by atoms with Crippen LogP contribution in [0.25, 0.3) is 0 Å². The smallest absolute Gasteiger partial charge is 0.347 e. The molecule has 5 heteroatoms. The lowest BCUT2D eigenvalue weighted by Gasteiger charge is -2.21. The molecule has 2 N–H and O–H groups in total. The van der Waals surface area contributed by atoms with E-state index in [1.165, 1.54) is 6.07 Å². The first-order valence-corrected chi connectivity index (χ1v) is 8.49. The van der Waals surface area contributed by atoms with Gasteiger partial charge in [-0.2, -0.15) is 0 Å². The summed E-state index contributed by atoms with van der Waals surface area (Å²) in [5.74, 6) is -3.69. The van der Waals surface area contributed by atoms with E-state index < -0.39 is 11.8 Å². The molecule has 0 aliphatic heterocycles. The van der Waals surface area contributed by atoms with Gasteiger partial charge in [-0.05, 0) is 23.3 Å². The van der Waals surface area contributed by atoms with Crippen molar-refractivity contribution in [3.05, 3.63) is 102 Å². The predicted molar refractivity (Wildman–Crippen MR) is 99.9 cm³/mol. The summed E-state index contributed by atoms with van der Waals surface area (Å²) in [6, 6.07) is 24.8. The van der Waals surface area contributed by atoms with Crippen LogP contribution in [0, 0.1) is 0 Å². The van der Waals surface area contributed by atoms with Crippen molar-refractivity contribution in [3.8, 4) is 5.75 Å². The number of ether oxygens (including phenoxy) is 2. The average Bonchev–Trinajstić information content (AvgIpc) is 2.72. The zero-order valence-corrected chi connectivity index (χ0v) is 14.6. The molecule has 3 rings (SSSR count). The highest BCUT2D eigenvalue weighted by Crippen LogP contribution is 2.24. The number of ketones is 1. The minimum Gasteiger partial charge on any atom is -0.488 e. The highest BCUT2D eigenvalue weighted by Gasteiger charge is 2.37. The van der Waals surface area contributed by atoms with Crippen LogP contribution in [-0.4, -0.2) is 22.0 Å². The summed E-state index contributed by atoms with van der Waals surface area (Å²) in [4.78, 5) is 12.6. The van der Waals surface area contributed by atoms with E-state index in [2.05, 4.69) is 0 Å². The van der Waals surface area contributed by atoms with Gasteiger partial charge in [0.1, 0.15) is 12.4 Å². The number of carbonyl (C=O) groups is 1. The van der Waals surface area contributed by atoms with Crippen LogP contribution in [0.1, 0.15) is 21.5 Å². The molecule has 0 fully saturated rings. The zero-order chi connectivity index (χ0) is 19.1. The molecule has 0 aliphatic rings. The molecule has 27 heavy (non-hydrogen) atoms. The molecule has 0 bridgehead atoms. The summed E-state index contributed by atoms with van der Waals surface area (Å²) in [6.07, 6.45) is 0. The number of carbonyl (C=O) groups excluding carboxylic acids is 1. The third kappa shape index (κ3) is 5.01. The van der Waals surface area contributed by atoms with Crippen molar-refractivity contribution in [2.24, 2.45) is 0 Å². The van der Waals surface area contributed by atoms with Crippen molar-refractivity contribution in [2.45, 2.75) is 19.2 Å². The predicted octanol–water partition coefficient (Wildman–Crippen LogP) is 3.30. The Kier molecular flexibility index (Phi) is 5.98. The standard InChI is InChI=1S/C22H20O5/c23-21(22(24,25)27-16-18-11-5-2-6-12-18)19-13-7-8-14-20(19)26-15-17-9-3-1-4-10-17/h1-14,24-25H,15-16H2. The van der Waals surface area contributed by atoms with Gasteiger partial charge in [0.15, 0.2) is 0 Å². The van der Waals surface area contributed by atoms with Gasteiger partial charge >= 0.3 is 5.97 Å². The number of Topliss-reactive ketones (excluding diaryl/α,β-unsaturated/α-hetero) is 1. The van der Waals surface area contributed by atoms with Crippen LogP contribution < -0.4 is 4.74 Å². The van der Waals surface area contributed by atoms with Gasteiger partial charge < -0.3 is 19.7 Å². The van der Waals surface area contributed by atoms with Gasteiger partial charge in [0.2, 0.25) is 0 Å². The Morgan fingerprint density at radius 1 is 0.741 bits per heavy atom. The molecule has 0 aromatic heterocycles. The topological polar surface area (TPSA) is 76.0 Å². The van der Waals surface area contributed by atoms with E-state index in [-0.39, 0.29) is 24.5 Å². The summed E-state index contributed by atoms with van der Waals surface area (Å²) in [7, 11) is 0. The van der Waals surface area contributed by atoms with Crippen molar-refractivity contribution >= 4 is 5.78 Å². The Balaban J connectivity index is 1.71. The molecule has 0 saturated carbocycles. The largest absolute Gasteiger partial charge is 0.488 e. The molecule has 3 aromatic carbocycles. The van der Waals surface area contributed by atoms with E-state index in [0.717, 1.165) is 5.56 Å². The molecule has 0 heterocycles. The van der Waals surface area contributed by atoms with E-state index in [1.807, 2.05) is 36.4 Å². The average molecular weight is 364 g/mol. The van der Waals surface area contributed by atoms with Gasteiger partial charge in [-0.3, -0.25) is 4.79 Å². The van der Waals surface area contributed by atoms with Crippen molar-refractivity contribution < 1.29 is 24.5 Å². The van der Waals surface area contributed by atoms with Crippen LogP contribution in [0.15, 0.2) is 84.9 Å². The molecule has 0 atom stereocenters. The molecule has 0 amide bonds. The molecule has 0 radical (unpaired) electrons. The Morgan fingerprint density at radius 2 is 1.26 bits per heavy atom. The third-order valence-electron chi connectivity index (χ3n) is 3.95. The van der Waals surface area contributed by atoms with Gasteiger partial charge in [-0.25, -0.2) is 0 Å². The maximum Gasteiger partial charge on any atom is 0.347 e. The lowest BCUT2D eigenvalue weighted by atomic mass is 10.1. The van der Waals surface area contributed by atoms with Crippen LogP contribution >= 0.6 is 0 Å². The van der Waals surface area contributed by atoms with E-state index in [4.69, 9.17) is 9.47 Å². The third-order valence-corrected chi connectivity index (χ3v) is 3.95. The van der Waals surface area contributed by atoms with Crippen LogP contribution in [0.5, 0.6) is 5.75 Å². The number of benzene rings is 3. The van der Waals surface area contributed by atoms with Crippen molar-refractivity contribution in [1.82, 2.24) is 0 Å². The SMILES string of the molecule is O=C(c1ccccc1OCc1ccccc1)C(O)(O)OCc1ccccc1. The van der Waals surface area contributed by atoms with Gasteiger partial charge in [-0.1, -0.05) is 72.8 Å². The lowest BCUT2D eigenvalue weighted by molar-refractivity contribution is -0.302. The molecule has 5 nitrogen and oxygen atoms in total. The highest BCUT2D eigenvalue weighted by molar-refractivity contribution is 6.02. The second-order valence-corrected chi connectivity index (χ2v) is 5.98. The molecule has 0 aliphatic carbocycles. The van der Waals surface area contributed by atoms with Crippen LogP contribution in [0.4, 0.5) is 0 Å². The first-order valence-electron chi connectivity index (χ1n) is 8.49. The van der Waals surface area contributed by atoms with E-state index in [1.54, 1.807) is 42.5 Å². The first-order chi connectivity index (χ1) is 13.1. The summed E-state index contributed by atoms with van der Waals surface area (Å²) in [5.41, 5.74) is 1.68. The summed E-state index contributed by atoms with van der Waals surface area (Å²) in [5, 5.41) is 20.3. The first kappa shape index (κ1) is 18.8. The number of hydrogen-bond donors (Lipinski definition) is 2. The van der Waals surface area contributed by atoms with Crippen LogP contribution in [0.2, 0.25) is 0 Å². The second kappa shape index (κ2) is 8.60. The highest BCUT2D eigenvalue weighted by atomic mass is 16.8. The fraction of sp³-hybridized carbons (Fsp3) is 0.136. The van der Waals surface area contributed by atoms with Crippen molar-refractivity contribution in [2.75, 3.05) is 0 Å². The Hall–Kier alpha value is -2.99. The Labute approximate surface area is 157 Å². The quantitative estimate of drug-likeness (QED) is 0.474. The molecular weight excluding hydrogens is 344 g/mol. The van der Waals surface area contributed by atoms with E-state index >= 15 is 0 Å². The van der Waals surface area contributed by atoms with Crippen molar-refractivity contribution in [1.29, 1.82) is 0 Å². The minimum absolute atomic E-state index is 0.0338. The number of rotatable bonds is 8. The zero-order valence-electron chi connectivity index (χ0n) is 14.6. The van der Waals surface area contributed by atoms with Crippen LogP contribution in [0.3, 0.4) is 0 Å². The Morgan fingerprint density at radius 3 is 1.89 bits per heavy atom. The van der Waals surface area contributed by atoms with Crippen LogP contribution in [-0.2, 0) is 18.0 Å². The summed E-state index contributed by atoms with van der Waals surface area (Å²) >= 11 is 0. The molecule has 0 unspecified atom stereocenters. The number of aliphatic hydroxyl groups is 2. The molecule has 3 aromatic rings. The number of para-hydroxylation sites is 1. The lowest BCUT2D eigenvalue weighted by Crippen LogP contribution is -2.41. The minimum atomic E-state index is -2.96. The normalized spacial score (nSPS) is 11.2. The molecule has 138 valence electrons. The van der Waals surface area contributed by atoms with Gasteiger partial charge in [-0.15, -0.1) is 0 Å². The van der Waals surface area contributed by atoms with Gasteiger partial charge in [0.05, 0.1) is 12.2 Å². The molecule has 0 saturated heterocycles. The summed E-state index contributed by atoms with van der Waals surface area (Å²) in [6.45, 7) is 0.131. The molecular formula is C22H20O5. The molecule has 0 spiro atoms. The maximum atomic E-state index is 12.6. The van der Waals surface area contributed by atoms with Gasteiger partial charge in [0, 0.05) is 0 Å². The number of hydrogen-bond acceptors (Lipinski definition) is 5. The van der Waals surface area contributed by atoms with E-state index in [9.17, 15) is 15.0 Å². The fourth-order valence-corrected chi connectivity index (χ4v) is 2.51. The monoisotopic (exact) mass is 364 g/mol. The maximum absolute atomic E-state index is 12.6. The second-order valence-electron chi connectivity index (χ2n) is 5.98. The van der Waals surface area contributed by atoms with E-state index in [0.29, 0.717) is 5.56 Å². The Bertz CT molecular complexity index is 875. The van der Waals surface area contributed by atoms with Crippen molar-refractivity contribution in [3.63, 3.8) is 0 Å². The fourth-order valence-electron chi connectivity index (χ4n) is 2.51. The van der Waals surface area contributed by atoms with Gasteiger partial charge in [0.25, 0.3) is 5.78 Å².